The molecule has 0 radical (unpaired) electrons. The molecule has 1 fully saturated rings. The van der Waals surface area contributed by atoms with Crippen LogP contribution in [0.25, 0.3) is 0 Å². The number of amides is 1. The minimum atomic E-state index is 0.271. The van der Waals surface area contributed by atoms with Gasteiger partial charge in [0.15, 0.2) is 0 Å². The topological polar surface area (TPSA) is 29.1 Å². The molecule has 1 aliphatic carbocycles. The smallest absolute Gasteiger partial charge is 0.223 e. The quantitative estimate of drug-likeness (QED) is 0.845. The molecule has 2 nitrogen and oxygen atoms in total. The Kier molecular flexibility index (Phi) is 4.80. The molecule has 1 aromatic rings. The van der Waals surface area contributed by atoms with Gasteiger partial charge in [0, 0.05) is 12.5 Å². The van der Waals surface area contributed by atoms with Crippen molar-refractivity contribution in [3.63, 3.8) is 0 Å². The van der Waals surface area contributed by atoms with Crippen LogP contribution in [0, 0.1) is 5.92 Å². The Labute approximate surface area is 110 Å². The fourth-order valence-electron chi connectivity index (χ4n) is 2.69. The minimum absolute atomic E-state index is 0.271. The van der Waals surface area contributed by atoms with E-state index >= 15 is 0 Å². The van der Waals surface area contributed by atoms with Gasteiger partial charge in [-0.15, -0.1) is 0 Å². The Hall–Kier alpha value is -1.31. The standard InChI is InChI=1S/C16H23NO/c1-13(14-7-3-2-4-8-14)11-12-17-16(18)15-9-5-6-10-15/h2-4,7-8,13,15H,5-6,9-12H2,1H3,(H,17,18). The highest BCUT2D eigenvalue weighted by atomic mass is 16.1. The van der Waals surface area contributed by atoms with Gasteiger partial charge in [-0.05, 0) is 30.7 Å². The molecule has 2 rings (SSSR count). The summed E-state index contributed by atoms with van der Waals surface area (Å²) >= 11 is 0. The number of rotatable bonds is 5. The number of carbonyl (C=O) groups is 1. The molecule has 1 N–H and O–H groups in total. The van der Waals surface area contributed by atoms with Crippen LogP contribution < -0.4 is 5.32 Å². The lowest BCUT2D eigenvalue weighted by molar-refractivity contribution is -0.124. The van der Waals surface area contributed by atoms with E-state index in [1.165, 1.54) is 18.4 Å². The molecule has 0 spiro atoms. The molecule has 0 aliphatic heterocycles. The third-order valence-corrected chi connectivity index (χ3v) is 3.97. The Morgan fingerprint density at radius 3 is 2.61 bits per heavy atom. The van der Waals surface area contributed by atoms with Crippen molar-refractivity contribution in [2.24, 2.45) is 5.92 Å². The molecule has 1 aromatic carbocycles. The van der Waals surface area contributed by atoms with Gasteiger partial charge < -0.3 is 5.32 Å². The summed E-state index contributed by atoms with van der Waals surface area (Å²) in [5.74, 6) is 1.07. The first-order valence-electron chi connectivity index (χ1n) is 7.10. The molecule has 1 atom stereocenters. The van der Waals surface area contributed by atoms with Crippen LogP contribution in [-0.4, -0.2) is 12.5 Å². The second kappa shape index (κ2) is 6.58. The highest BCUT2D eigenvalue weighted by molar-refractivity contribution is 5.78. The first-order chi connectivity index (χ1) is 8.77. The number of carbonyl (C=O) groups excluding carboxylic acids is 1. The van der Waals surface area contributed by atoms with Crippen molar-refractivity contribution in [3.8, 4) is 0 Å². The number of hydrogen-bond acceptors (Lipinski definition) is 1. The highest BCUT2D eigenvalue weighted by Gasteiger charge is 2.22. The molecule has 0 saturated heterocycles. The van der Waals surface area contributed by atoms with Crippen molar-refractivity contribution in [3.05, 3.63) is 35.9 Å². The van der Waals surface area contributed by atoms with E-state index in [2.05, 4.69) is 36.5 Å². The van der Waals surface area contributed by atoms with Crippen LogP contribution in [0.1, 0.15) is 50.5 Å². The molecule has 0 heterocycles. The number of benzene rings is 1. The van der Waals surface area contributed by atoms with E-state index in [0.717, 1.165) is 25.8 Å². The van der Waals surface area contributed by atoms with Gasteiger partial charge in [0.1, 0.15) is 0 Å². The summed E-state index contributed by atoms with van der Waals surface area (Å²) < 4.78 is 0. The molecule has 2 heteroatoms. The maximum absolute atomic E-state index is 11.9. The summed E-state index contributed by atoms with van der Waals surface area (Å²) in [5, 5.41) is 3.09. The lowest BCUT2D eigenvalue weighted by atomic mass is 9.98. The third-order valence-electron chi connectivity index (χ3n) is 3.97. The zero-order valence-electron chi connectivity index (χ0n) is 11.2. The summed E-state index contributed by atoms with van der Waals surface area (Å²) in [6.45, 7) is 3.02. The van der Waals surface area contributed by atoms with E-state index in [1.807, 2.05) is 6.07 Å². The Morgan fingerprint density at radius 2 is 1.94 bits per heavy atom. The predicted molar refractivity (Wildman–Crippen MR) is 74.4 cm³/mol. The van der Waals surface area contributed by atoms with Crippen molar-refractivity contribution in [1.82, 2.24) is 5.32 Å². The molecule has 0 aromatic heterocycles. The maximum atomic E-state index is 11.9. The van der Waals surface area contributed by atoms with Crippen LogP contribution in [0.5, 0.6) is 0 Å². The van der Waals surface area contributed by atoms with E-state index in [1.54, 1.807) is 0 Å². The zero-order chi connectivity index (χ0) is 12.8. The van der Waals surface area contributed by atoms with Gasteiger partial charge in [-0.1, -0.05) is 50.1 Å². The summed E-state index contributed by atoms with van der Waals surface area (Å²) in [7, 11) is 0. The van der Waals surface area contributed by atoms with Crippen LogP contribution in [0.15, 0.2) is 30.3 Å². The van der Waals surface area contributed by atoms with Crippen LogP contribution >= 0.6 is 0 Å². The Bertz CT molecular complexity index is 368. The van der Waals surface area contributed by atoms with Gasteiger partial charge in [0.05, 0.1) is 0 Å². The molecule has 1 aliphatic rings. The van der Waals surface area contributed by atoms with Crippen molar-refractivity contribution in [2.45, 2.75) is 44.9 Å². The number of nitrogens with one attached hydrogen (secondary N) is 1. The first kappa shape index (κ1) is 13.1. The second-order valence-electron chi connectivity index (χ2n) is 5.37. The lowest BCUT2D eigenvalue weighted by Gasteiger charge is -2.14. The summed E-state index contributed by atoms with van der Waals surface area (Å²) in [6, 6.07) is 10.5. The monoisotopic (exact) mass is 245 g/mol. The zero-order valence-corrected chi connectivity index (χ0v) is 11.2. The second-order valence-corrected chi connectivity index (χ2v) is 5.37. The normalized spacial score (nSPS) is 17.6. The Morgan fingerprint density at radius 1 is 1.28 bits per heavy atom. The first-order valence-corrected chi connectivity index (χ1v) is 7.10. The van der Waals surface area contributed by atoms with Gasteiger partial charge in [-0.2, -0.15) is 0 Å². The van der Waals surface area contributed by atoms with Gasteiger partial charge >= 0.3 is 0 Å². The molecule has 18 heavy (non-hydrogen) atoms. The van der Waals surface area contributed by atoms with Crippen LogP contribution in [-0.2, 0) is 4.79 Å². The molecule has 0 bridgehead atoms. The largest absolute Gasteiger partial charge is 0.356 e. The van der Waals surface area contributed by atoms with Gasteiger partial charge in [-0.3, -0.25) is 4.79 Å². The Balaban J connectivity index is 1.70. The fraction of sp³-hybridized carbons (Fsp3) is 0.562. The molecule has 1 amide bonds. The highest BCUT2D eigenvalue weighted by Crippen LogP contribution is 2.24. The van der Waals surface area contributed by atoms with E-state index in [9.17, 15) is 4.79 Å². The average Bonchev–Trinajstić information content (AvgIpc) is 2.93. The van der Waals surface area contributed by atoms with E-state index in [4.69, 9.17) is 0 Å². The molecular formula is C16H23NO. The van der Waals surface area contributed by atoms with E-state index in [-0.39, 0.29) is 11.8 Å². The number of hydrogen-bond donors (Lipinski definition) is 1. The van der Waals surface area contributed by atoms with Crippen molar-refractivity contribution in [1.29, 1.82) is 0 Å². The van der Waals surface area contributed by atoms with Crippen molar-refractivity contribution >= 4 is 5.91 Å². The van der Waals surface area contributed by atoms with Crippen LogP contribution in [0.2, 0.25) is 0 Å². The van der Waals surface area contributed by atoms with Crippen molar-refractivity contribution < 1.29 is 4.79 Å². The van der Waals surface area contributed by atoms with Gasteiger partial charge in [0.2, 0.25) is 5.91 Å². The summed E-state index contributed by atoms with van der Waals surface area (Å²) in [5.41, 5.74) is 1.35. The molecule has 98 valence electrons. The van der Waals surface area contributed by atoms with E-state index in [0.29, 0.717) is 5.92 Å². The van der Waals surface area contributed by atoms with Crippen molar-refractivity contribution in [2.75, 3.05) is 6.54 Å². The predicted octanol–water partition coefficient (Wildman–Crippen LogP) is 3.49. The van der Waals surface area contributed by atoms with Crippen LogP contribution in [0.3, 0.4) is 0 Å². The van der Waals surface area contributed by atoms with Gasteiger partial charge in [-0.25, -0.2) is 0 Å². The maximum Gasteiger partial charge on any atom is 0.223 e. The molecule has 1 unspecified atom stereocenters. The SMILES string of the molecule is CC(CCNC(=O)C1CCCC1)c1ccccc1. The molecule has 1 saturated carbocycles. The van der Waals surface area contributed by atoms with Crippen LogP contribution in [0.4, 0.5) is 0 Å². The van der Waals surface area contributed by atoms with E-state index < -0.39 is 0 Å². The minimum Gasteiger partial charge on any atom is -0.356 e. The average molecular weight is 245 g/mol. The summed E-state index contributed by atoms with van der Waals surface area (Å²) in [6.07, 6.45) is 5.62. The third kappa shape index (κ3) is 3.59. The lowest BCUT2D eigenvalue weighted by Crippen LogP contribution is -2.30. The van der Waals surface area contributed by atoms with Gasteiger partial charge in [0.25, 0.3) is 0 Å². The molecular weight excluding hydrogens is 222 g/mol. The fourth-order valence-corrected chi connectivity index (χ4v) is 2.69. The summed E-state index contributed by atoms with van der Waals surface area (Å²) in [4.78, 5) is 11.9.